The molecule has 0 aliphatic rings. The number of hydrogen-bond donors (Lipinski definition) is 3. The van der Waals surface area contributed by atoms with Gasteiger partial charge in [-0.1, -0.05) is 0 Å². The Kier molecular flexibility index (Phi) is 5.84. The molecule has 0 aliphatic carbocycles. The van der Waals surface area contributed by atoms with Crippen molar-refractivity contribution < 1.29 is 18.8 Å². The molecule has 6 nitrogen and oxygen atoms in total. The standard InChI is InChI=1S/C18H18FN3O3/c1-11-9-15(7-8-16(11)21-12(2)23)22-17(24)10-20-18(25)13-3-5-14(19)6-4-13/h3-9H,10H2,1-2H3,(H,20,25)(H,21,23)(H,22,24). The van der Waals surface area contributed by atoms with Gasteiger partial charge in [-0.15, -0.1) is 0 Å². The van der Waals surface area contributed by atoms with Crippen LogP contribution in [0, 0.1) is 12.7 Å². The highest BCUT2D eigenvalue weighted by Crippen LogP contribution is 2.19. The lowest BCUT2D eigenvalue weighted by Gasteiger charge is -2.10. The first-order chi connectivity index (χ1) is 11.8. The summed E-state index contributed by atoms with van der Waals surface area (Å²) in [5.41, 5.74) is 2.27. The maximum atomic E-state index is 12.8. The highest BCUT2D eigenvalue weighted by atomic mass is 19.1. The van der Waals surface area contributed by atoms with E-state index in [1.54, 1.807) is 25.1 Å². The fourth-order valence-corrected chi connectivity index (χ4v) is 2.14. The van der Waals surface area contributed by atoms with Gasteiger partial charge in [-0.3, -0.25) is 14.4 Å². The molecule has 0 spiro atoms. The van der Waals surface area contributed by atoms with Crippen LogP contribution in [0.15, 0.2) is 42.5 Å². The normalized spacial score (nSPS) is 10.0. The van der Waals surface area contributed by atoms with Gasteiger partial charge in [-0.05, 0) is 55.0 Å². The first-order valence-electron chi connectivity index (χ1n) is 7.57. The summed E-state index contributed by atoms with van der Waals surface area (Å²) in [7, 11) is 0. The number of carbonyl (C=O) groups excluding carboxylic acids is 3. The molecular formula is C18H18FN3O3. The molecule has 3 amide bonds. The van der Waals surface area contributed by atoms with Crippen molar-refractivity contribution in [3.05, 3.63) is 59.4 Å². The minimum atomic E-state index is -0.465. The molecule has 130 valence electrons. The molecule has 0 radical (unpaired) electrons. The van der Waals surface area contributed by atoms with Gasteiger partial charge >= 0.3 is 0 Å². The topological polar surface area (TPSA) is 87.3 Å². The van der Waals surface area contributed by atoms with Gasteiger partial charge in [0.2, 0.25) is 11.8 Å². The third kappa shape index (κ3) is 5.42. The van der Waals surface area contributed by atoms with E-state index in [4.69, 9.17) is 0 Å². The molecular weight excluding hydrogens is 325 g/mol. The fraction of sp³-hybridized carbons (Fsp3) is 0.167. The molecule has 0 aromatic heterocycles. The zero-order valence-electron chi connectivity index (χ0n) is 13.9. The van der Waals surface area contributed by atoms with Gasteiger partial charge in [0.15, 0.2) is 0 Å². The predicted octanol–water partition coefficient (Wildman–Crippen LogP) is 2.46. The molecule has 0 heterocycles. The first-order valence-corrected chi connectivity index (χ1v) is 7.57. The molecule has 0 fully saturated rings. The summed E-state index contributed by atoms with van der Waals surface area (Å²) in [6, 6.07) is 10.1. The van der Waals surface area contributed by atoms with Gasteiger partial charge in [-0.2, -0.15) is 0 Å². The van der Waals surface area contributed by atoms with E-state index in [2.05, 4.69) is 16.0 Å². The van der Waals surface area contributed by atoms with E-state index >= 15 is 0 Å². The van der Waals surface area contributed by atoms with Crippen LogP contribution >= 0.6 is 0 Å². The average molecular weight is 343 g/mol. The largest absolute Gasteiger partial charge is 0.343 e. The number of rotatable bonds is 5. The van der Waals surface area contributed by atoms with E-state index in [-0.39, 0.29) is 18.0 Å². The summed E-state index contributed by atoms with van der Waals surface area (Å²) in [5, 5.41) is 7.79. The number of nitrogens with one attached hydrogen (secondary N) is 3. The minimum Gasteiger partial charge on any atom is -0.343 e. The molecule has 0 unspecified atom stereocenters. The number of aryl methyl sites for hydroxylation is 1. The Morgan fingerprint density at radius 2 is 1.68 bits per heavy atom. The van der Waals surface area contributed by atoms with Crippen LogP contribution in [0.2, 0.25) is 0 Å². The number of benzene rings is 2. The summed E-state index contributed by atoms with van der Waals surface area (Å²) in [4.78, 5) is 34.9. The van der Waals surface area contributed by atoms with Crippen LogP contribution in [0.3, 0.4) is 0 Å². The Morgan fingerprint density at radius 1 is 1.00 bits per heavy atom. The quantitative estimate of drug-likeness (QED) is 0.779. The highest BCUT2D eigenvalue weighted by Gasteiger charge is 2.09. The van der Waals surface area contributed by atoms with Crippen LogP contribution in [-0.2, 0) is 9.59 Å². The molecule has 0 saturated carbocycles. The van der Waals surface area contributed by atoms with E-state index in [1.165, 1.54) is 31.2 Å². The van der Waals surface area contributed by atoms with Crippen LogP contribution < -0.4 is 16.0 Å². The molecule has 0 aliphatic heterocycles. The van der Waals surface area contributed by atoms with Crippen molar-refractivity contribution in [2.75, 3.05) is 17.2 Å². The molecule has 0 bridgehead atoms. The predicted molar refractivity (Wildman–Crippen MR) is 92.8 cm³/mol. The Labute approximate surface area is 144 Å². The Morgan fingerprint density at radius 3 is 2.28 bits per heavy atom. The monoisotopic (exact) mass is 343 g/mol. The lowest BCUT2D eigenvalue weighted by atomic mass is 10.1. The zero-order chi connectivity index (χ0) is 18.4. The molecule has 2 rings (SSSR count). The van der Waals surface area contributed by atoms with Gasteiger partial charge in [0, 0.05) is 23.9 Å². The van der Waals surface area contributed by atoms with Crippen molar-refractivity contribution in [1.82, 2.24) is 5.32 Å². The average Bonchev–Trinajstić information content (AvgIpc) is 2.55. The number of hydrogen-bond acceptors (Lipinski definition) is 3. The van der Waals surface area contributed by atoms with Crippen LogP contribution in [0.1, 0.15) is 22.8 Å². The zero-order valence-corrected chi connectivity index (χ0v) is 13.9. The molecule has 2 aromatic carbocycles. The molecule has 0 saturated heterocycles. The van der Waals surface area contributed by atoms with E-state index in [0.29, 0.717) is 11.4 Å². The molecule has 3 N–H and O–H groups in total. The maximum Gasteiger partial charge on any atom is 0.251 e. The molecule has 7 heteroatoms. The Bertz CT molecular complexity index is 804. The number of carbonyl (C=O) groups is 3. The summed E-state index contributed by atoms with van der Waals surface area (Å²) in [5.74, 6) is -1.48. The van der Waals surface area contributed by atoms with Crippen LogP contribution in [-0.4, -0.2) is 24.3 Å². The third-order valence-corrected chi connectivity index (χ3v) is 3.34. The third-order valence-electron chi connectivity index (χ3n) is 3.34. The fourth-order valence-electron chi connectivity index (χ4n) is 2.14. The van der Waals surface area contributed by atoms with Gasteiger partial charge in [0.05, 0.1) is 6.54 Å². The summed E-state index contributed by atoms with van der Waals surface area (Å²) < 4.78 is 12.8. The SMILES string of the molecule is CC(=O)Nc1ccc(NC(=O)CNC(=O)c2ccc(F)cc2)cc1C. The number of anilines is 2. The number of halogens is 1. The van der Waals surface area contributed by atoms with Crippen molar-refractivity contribution in [2.24, 2.45) is 0 Å². The van der Waals surface area contributed by atoms with Gasteiger partial charge in [-0.25, -0.2) is 4.39 Å². The summed E-state index contributed by atoms with van der Waals surface area (Å²) in [6.07, 6.45) is 0. The van der Waals surface area contributed by atoms with E-state index < -0.39 is 17.6 Å². The van der Waals surface area contributed by atoms with Gasteiger partial charge in [0.1, 0.15) is 5.82 Å². The lowest BCUT2D eigenvalue weighted by molar-refractivity contribution is -0.115. The van der Waals surface area contributed by atoms with E-state index in [1.807, 2.05) is 0 Å². The van der Waals surface area contributed by atoms with Crippen molar-refractivity contribution in [3.63, 3.8) is 0 Å². The van der Waals surface area contributed by atoms with Crippen molar-refractivity contribution in [1.29, 1.82) is 0 Å². The Hall–Kier alpha value is -3.22. The maximum absolute atomic E-state index is 12.8. The second kappa shape index (κ2) is 8.05. The second-order valence-corrected chi connectivity index (χ2v) is 5.45. The summed E-state index contributed by atoms with van der Waals surface area (Å²) in [6.45, 7) is 3.00. The van der Waals surface area contributed by atoms with E-state index in [9.17, 15) is 18.8 Å². The van der Waals surface area contributed by atoms with Crippen LogP contribution in [0.25, 0.3) is 0 Å². The lowest BCUT2D eigenvalue weighted by Crippen LogP contribution is -2.32. The van der Waals surface area contributed by atoms with Crippen molar-refractivity contribution in [2.45, 2.75) is 13.8 Å². The van der Waals surface area contributed by atoms with E-state index in [0.717, 1.165) is 5.56 Å². The summed E-state index contributed by atoms with van der Waals surface area (Å²) >= 11 is 0. The second-order valence-electron chi connectivity index (χ2n) is 5.45. The molecule has 25 heavy (non-hydrogen) atoms. The smallest absolute Gasteiger partial charge is 0.251 e. The minimum absolute atomic E-state index is 0.177. The Balaban J connectivity index is 1.89. The van der Waals surface area contributed by atoms with Gasteiger partial charge < -0.3 is 16.0 Å². The highest BCUT2D eigenvalue weighted by molar-refractivity contribution is 5.99. The molecule has 0 atom stereocenters. The number of amides is 3. The van der Waals surface area contributed by atoms with Crippen LogP contribution in [0.5, 0.6) is 0 Å². The van der Waals surface area contributed by atoms with Crippen molar-refractivity contribution >= 4 is 29.1 Å². The van der Waals surface area contributed by atoms with Crippen LogP contribution in [0.4, 0.5) is 15.8 Å². The molecule has 2 aromatic rings. The first kappa shape index (κ1) is 18.1. The van der Waals surface area contributed by atoms with Gasteiger partial charge in [0.25, 0.3) is 5.91 Å². The van der Waals surface area contributed by atoms with Crippen molar-refractivity contribution in [3.8, 4) is 0 Å².